The van der Waals surface area contributed by atoms with Gasteiger partial charge in [0.25, 0.3) is 0 Å². The van der Waals surface area contributed by atoms with Crippen LogP contribution in [0.25, 0.3) is 0 Å². The SMILES string of the molecule is CCC(C)Oc1cccc(C(=O)O)c1C. The van der Waals surface area contributed by atoms with E-state index in [9.17, 15) is 4.79 Å². The minimum atomic E-state index is -0.915. The minimum Gasteiger partial charge on any atom is -0.490 e. The summed E-state index contributed by atoms with van der Waals surface area (Å²) in [6.45, 7) is 5.76. The van der Waals surface area contributed by atoms with E-state index >= 15 is 0 Å². The van der Waals surface area contributed by atoms with Crippen LogP contribution in [-0.4, -0.2) is 17.2 Å². The van der Waals surface area contributed by atoms with E-state index < -0.39 is 5.97 Å². The number of carboxylic acid groups (broad SMARTS) is 1. The van der Waals surface area contributed by atoms with Crippen LogP contribution < -0.4 is 4.74 Å². The van der Waals surface area contributed by atoms with Crippen molar-refractivity contribution in [3.63, 3.8) is 0 Å². The molecule has 0 radical (unpaired) electrons. The zero-order valence-electron chi connectivity index (χ0n) is 9.28. The Morgan fingerprint density at radius 3 is 2.73 bits per heavy atom. The summed E-state index contributed by atoms with van der Waals surface area (Å²) in [5, 5.41) is 8.93. The molecular formula is C12H16O3. The highest BCUT2D eigenvalue weighted by atomic mass is 16.5. The molecule has 0 saturated carbocycles. The second-order valence-corrected chi connectivity index (χ2v) is 3.57. The maximum atomic E-state index is 10.9. The number of aromatic carboxylic acids is 1. The first-order valence-electron chi connectivity index (χ1n) is 5.05. The van der Waals surface area contributed by atoms with Crippen LogP contribution in [0.5, 0.6) is 5.75 Å². The maximum absolute atomic E-state index is 10.9. The smallest absolute Gasteiger partial charge is 0.336 e. The van der Waals surface area contributed by atoms with E-state index in [1.165, 1.54) is 0 Å². The topological polar surface area (TPSA) is 46.5 Å². The predicted molar refractivity (Wildman–Crippen MR) is 58.5 cm³/mol. The molecule has 0 fully saturated rings. The van der Waals surface area contributed by atoms with E-state index in [2.05, 4.69) is 0 Å². The van der Waals surface area contributed by atoms with Crippen molar-refractivity contribution >= 4 is 5.97 Å². The largest absolute Gasteiger partial charge is 0.490 e. The van der Waals surface area contributed by atoms with Crippen LogP contribution in [-0.2, 0) is 0 Å². The van der Waals surface area contributed by atoms with Gasteiger partial charge in [0.15, 0.2) is 0 Å². The fourth-order valence-electron chi connectivity index (χ4n) is 1.27. The molecule has 1 rings (SSSR count). The van der Waals surface area contributed by atoms with Crippen LogP contribution in [0.1, 0.15) is 36.2 Å². The summed E-state index contributed by atoms with van der Waals surface area (Å²) < 4.78 is 5.62. The van der Waals surface area contributed by atoms with Gasteiger partial charge in [-0.2, -0.15) is 0 Å². The summed E-state index contributed by atoms with van der Waals surface area (Å²) in [5.41, 5.74) is 0.987. The number of carbonyl (C=O) groups is 1. The van der Waals surface area contributed by atoms with Crippen molar-refractivity contribution in [3.05, 3.63) is 29.3 Å². The first-order valence-corrected chi connectivity index (χ1v) is 5.05. The average Bonchev–Trinajstić information content (AvgIpc) is 2.20. The lowest BCUT2D eigenvalue weighted by Gasteiger charge is -2.15. The van der Waals surface area contributed by atoms with E-state index in [4.69, 9.17) is 9.84 Å². The number of hydrogen-bond acceptors (Lipinski definition) is 2. The van der Waals surface area contributed by atoms with E-state index in [-0.39, 0.29) is 6.10 Å². The lowest BCUT2D eigenvalue weighted by atomic mass is 10.1. The third-order valence-corrected chi connectivity index (χ3v) is 2.42. The summed E-state index contributed by atoms with van der Waals surface area (Å²) in [7, 11) is 0. The lowest BCUT2D eigenvalue weighted by Crippen LogP contribution is -2.11. The Morgan fingerprint density at radius 2 is 2.20 bits per heavy atom. The normalized spacial score (nSPS) is 12.2. The molecule has 15 heavy (non-hydrogen) atoms. The van der Waals surface area contributed by atoms with Crippen molar-refractivity contribution in [3.8, 4) is 5.75 Å². The predicted octanol–water partition coefficient (Wildman–Crippen LogP) is 2.87. The van der Waals surface area contributed by atoms with Crippen LogP contribution in [0.4, 0.5) is 0 Å². The molecule has 3 heteroatoms. The number of ether oxygens (including phenoxy) is 1. The van der Waals surface area contributed by atoms with Gasteiger partial charge in [-0.3, -0.25) is 0 Å². The van der Waals surface area contributed by atoms with E-state index in [1.807, 2.05) is 13.8 Å². The molecule has 1 aromatic rings. The van der Waals surface area contributed by atoms with Gasteiger partial charge in [-0.25, -0.2) is 4.79 Å². The highest BCUT2D eigenvalue weighted by molar-refractivity contribution is 5.90. The van der Waals surface area contributed by atoms with Gasteiger partial charge in [-0.15, -0.1) is 0 Å². The van der Waals surface area contributed by atoms with Gasteiger partial charge < -0.3 is 9.84 Å². The van der Waals surface area contributed by atoms with Gasteiger partial charge in [0.05, 0.1) is 11.7 Å². The molecule has 1 unspecified atom stereocenters. The molecular weight excluding hydrogens is 192 g/mol. The number of hydrogen-bond donors (Lipinski definition) is 1. The molecule has 0 bridgehead atoms. The average molecular weight is 208 g/mol. The molecule has 3 nitrogen and oxygen atoms in total. The zero-order valence-corrected chi connectivity index (χ0v) is 9.28. The van der Waals surface area contributed by atoms with Crippen molar-refractivity contribution in [2.75, 3.05) is 0 Å². The van der Waals surface area contributed by atoms with Crippen LogP contribution >= 0.6 is 0 Å². The lowest BCUT2D eigenvalue weighted by molar-refractivity contribution is 0.0695. The molecule has 1 atom stereocenters. The maximum Gasteiger partial charge on any atom is 0.336 e. The molecule has 0 aliphatic carbocycles. The monoisotopic (exact) mass is 208 g/mol. The third kappa shape index (κ3) is 2.72. The highest BCUT2D eigenvalue weighted by Gasteiger charge is 2.12. The van der Waals surface area contributed by atoms with E-state index in [0.717, 1.165) is 6.42 Å². The van der Waals surface area contributed by atoms with Gasteiger partial charge >= 0.3 is 5.97 Å². The van der Waals surface area contributed by atoms with Crippen LogP contribution in [0.3, 0.4) is 0 Å². The fraction of sp³-hybridized carbons (Fsp3) is 0.417. The summed E-state index contributed by atoms with van der Waals surface area (Å²) in [6, 6.07) is 5.09. The molecule has 0 aromatic heterocycles. The third-order valence-electron chi connectivity index (χ3n) is 2.42. The molecule has 0 aliphatic heterocycles. The molecule has 0 heterocycles. The molecule has 1 N–H and O–H groups in total. The molecule has 0 amide bonds. The highest BCUT2D eigenvalue weighted by Crippen LogP contribution is 2.22. The van der Waals surface area contributed by atoms with Crippen LogP contribution in [0.2, 0.25) is 0 Å². The van der Waals surface area contributed by atoms with Crippen LogP contribution in [0.15, 0.2) is 18.2 Å². The standard InChI is InChI=1S/C12H16O3/c1-4-8(2)15-11-7-5-6-10(9(11)3)12(13)14/h5-8H,4H2,1-3H3,(H,13,14). The molecule has 1 aromatic carbocycles. The Kier molecular flexibility index (Phi) is 3.72. The first kappa shape index (κ1) is 11.6. The van der Waals surface area contributed by atoms with Crippen molar-refractivity contribution < 1.29 is 14.6 Å². The molecule has 82 valence electrons. The molecule has 0 aliphatic rings. The van der Waals surface area contributed by atoms with Crippen molar-refractivity contribution in [2.45, 2.75) is 33.3 Å². The zero-order chi connectivity index (χ0) is 11.4. The molecule has 0 spiro atoms. The van der Waals surface area contributed by atoms with Crippen LogP contribution in [0, 0.1) is 6.92 Å². The number of benzene rings is 1. The number of carboxylic acids is 1. The van der Waals surface area contributed by atoms with E-state index in [1.54, 1.807) is 25.1 Å². The second-order valence-electron chi connectivity index (χ2n) is 3.57. The fourth-order valence-corrected chi connectivity index (χ4v) is 1.27. The molecule has 0 saturated heterocycles. The summed E-state index contributed by atoms with van der Waals surface area (Å²) in [4.78, 5) is 10.9. The van der Waals surface area contributed by atoms with Gasteiger partial charge in [-0.05, 0) is 32.4 Å². The van der Waals surface area contributed by atoms with Crippen molar-refractivity contribution in [1.29, 1.82) is 0 Å². The van der Waals surface area contributed by atoms with Gasteiger partial charge in [-0.1, -0.05) is 13.0 Å². The first-order chi connectivity index (χ1) is 7.06. The Hall–Kier alpha value is -1.51. The van der Waals surface area contributed by atoms with E-state index in [0.29, 0.717) is 16.9 Å². The Bertz CT molecular complexity index is 358. The minimum absolute atomic E-state index is 0.104. The summed E-state index contributed by atoms with van der Waals surface area (Å²) in [5.74, 6) is -0.258. The second kappa shape index (κ2) is 4.82. The summed E-state index contributed by atoms with van der Waals surface area (Å²) in [6.07, 6.45) is 1.00. The quantitative estimate of drug-likeness (QED) is 0.827. The van der Waals surface area contributed by atoms with Crippen molar-refractivity contribution in [2.24, 2.45) is 0 Å². The number of rotatable bonds is 4. The van der Waals surface area contributed by atoms with Gasteiger partial charge in [0.1, 0.15) is 5.75 Å². The van der Waals surface area contributed by atoms with Crippen molar-refractivity contribution in [1.82, 2.24) is 0 Å². The Morgan fingerprint density at radius 1 is 1.53 bits per heavy atom. The Balaban J connectivity index is 2.99. The Labute approximate surface area is 89.7 Å². The van der Waals surface area contributed by atoms with Gasteiger partial charge in [0.2, 0.25) is 0 Å². The van der Waals surface area contributed by atoms with Gasteiger partial charge in [0, 0.05) is 5.56 Å². The summed E-state index contributed by atoms with van der Waals surface area (Å²) >= 11 is 0.